The van der Waals surface area contributed by atoms with Crippen LogP contribution in [-0.4, -0.2) is 96.7 Å². The molecular weight excluding hydrogens is 664 g/mol. The Morgan fingerprint density at radius 1 is 0.500 bits per heavy atom. The van der Waals surface area contributed by atoms with Gasteiger partial charge in [-0.25, -0.2) is 29.5 Å². The summed E-state index contributed by atoms with van der Waals surface area (Å²) in [5.41, 5.74) is -2.25. The standard InChI is InChI=1S/C10H4N16O20/c27-19(28)9(20(29)30,21(31)32)1-17(25(39)40)5-3(11-45-13-5)7-15-44-8(16-43-7)4-6(14-46-12-4)18(26(41)42)2-10(22(33)34,23(35)36)24(37)38/h1-2H2. The molecule has 0 radical (unpaired) electrons. The van der Waals surface area contributed by atoms with E-state index < -0.39 is 109 Å². The zero-order valence-corrected chi connectivity index (χ0v) is 20.7. The first kappa shape index (κ1) is 32.5. The van der Waals surface area contributed by atoms with Crippen molar-refractivity contribution in [1.82, 2.24) is 20.6 Å². The summed E-state index contributed by atoms with van der Waals surface area (Å²) in [6.45, 7) is -4.50. The van der Waals surface area contributed by atoms with Crippen LogP contribution in [0, 0.1) is 80.9 Å². The number of oxime groups is 2. The number of hydrogen-bond acceptors (Lipinski definition) is 26. The maximum Gasteiger partial charge on any atom is 0.723 e. The summed E-state index contributed by atoms with van der Waals surface area (Å²) in [5.74, 6) is -14.0. The molecule has 0 spiro atoms. The summed E-state index contributed by atoms with van der Waals surface area (Å²) in [4.78, 5) is 87.5. The summed E-state index contributed by atoms with van der Waals surface area (Å²) in [7, 11) is 0. The van der Waals surface area contributed by atoms with E-state index in [1.54, 1.807) is 0 Å². The molecule has 1 aliphatic heterocycles. The van der Waals surface area contributed by atoms with E-state index in [4.69, 9.17) is 0 Å². The normalized spacial score (nSPS) is 12.8. The van der Waals surface area contributed by atoms with Crippen molar-refractivity contribution in [1.29, 1.82) is 0 Å². The van der Waals surface area contributed by atoms with Gasteiger partial charge in [-0.15, -0.1) is 0 Å². The minimum Gasteiger partial charge on any atom is -0.327 e. The number of nitro groups is 8. The Morgan fingerprint density at radius 2 is 0.783 bits per heavy atom. The second kappa shape index (κ2) is 11.7. The van der Waals surface area contributed by atoms with Gasteiger partial charge < -0.3 is 9.68 Å². The first-order chi connectivity index (χ1) is 21.4. The molecular formula is C10H4N16O20. The third-order valence-electron chi connectivity index (χ3n) is 5.14. The van der Waals surface area contributed by atoms with E-state index in [2.05, 4.69) is 49.9 Å². The lowest BCUT2D eigenvalue weighted by Gasteiger charge is -2.15. The van der Waals surface area contributed by atoms with Crippen molar-refractivity contribution in [3.05, 3.63) is 92.3 Å². The van der Waals surface area contributed by atoms with E-state index >= 15 is 0 Å². The predicted molar refractivity (Wildman–Crippen MR) is 120 cm³/mol. The second-order valence-electron chi connectivity index (χ2n) is 7.53. The van der Waals surface area contributed by atoms with Gasteiger partial charge in [-0.2, -0.15) is 0 Å². The Bertz CT molecular complexity index is 1530. The van der Waals surface area contributed by atoms with E-state index in [-0.39, 0.29) is 0 Å². The maximum atomic E-state index is 11.6. The van der Waals surface area contributed by atoms with Crippen molar-refractivity contribution in [3.63, 3.8) is 0 Å². The summed E-state index contributed by atoms with van der Waals surface area (Å²) < 4.78 is 8.40. The number of aromatic nitrogens is 4. The largest absolute Gasteiger partial charge is 0.723 e. The first-order valence-electron chi connectivity index (χ1n) is 10.3. The van der Waals surface area contributed by atoms with Crippen molar-refractivity contribution >= 4 is 23.4 Å². The zero-order valence-electron chi connectivity index (χ0n) is 20.7. The van der Waals surface area contributed by atoms with Crippen molar-refractivity contribution in [2.75, 3.05) is 23.1 Å². The fraction of sp³-hybridized carbons (Fsp3) is 0.400. The summed E-state index contributed by atoms with van der Waals surface area (Å²) in [6.07, 6.45) is 0. The molecule has 0 unspecified atom stereocenters. The van der Waals surface area contributed by atoms with Gasteiger partial charge >= 0.3 is 36.5 Å². The number of anilines is 2. The van der Waals surface area contributed by atoms with Gasteiger partial charge in [0, 0.05) is 0 Å². The number of nitrogens with zero attached hydrogens (tertiary/aromatic N) is 16. The van der Waals surface area contributed by atoms with Gasteiger partial charge in [0.05, 0.1) is 0 Å². The van der Waals surface area contributed by atoms with Crippen LogP contribution in [0.1, 0.15) is 11.4 Å². The first-order valence-corrected chi connectivity index (χ1v) is 10.3. The molecule has 0 aromatic carbocycles. The van der Waals surface area contributed by atoms with Crippen molar-refractivity contribution in [3.8, 4) is 0 Å². The lowest BCUT2D eigenvalue weighted by Crippen LogP contribution is -2.61. The molecule has 0 fully saturated rings. The Kier molecular flexibility index (Phi) is 8.29. The van der Waals surface area contributed by atoms with Crippen molar-refractivity contribution in [2.24, 2.45) is 10.3 Å². The monoisotopic (exact) mass is 668 g/mol. The average Bonchev–Trinajstić information content (AvgIpc) is 3.63. The van der Waals surface area contributed by atoms with Crippen LogP contribution in [0.4, 0.5) is 11.6 Å². The van der Waals surface area contributed by atoms with Gasteiger partial charge in [-0.3, -0.25) is 60.7 Å². The molecule has 0 atom stereocenters. The lowest BCUT2D eigenvalue weighted by atomic mass is 10.3. The SMILES string of the molecule is O=[N+]([O-])N(CC([N+](=O)[O-])([N+](=O)[O-])[N+](=O)[O-])c1nonc1C1=NOC(c2nonc2N(CC([N+](=O)[O-])([N+](=O)[O-])[N+](=O)[O-])[N+](=O)[O-])=NO1. The van der Waals surface area contributed by atoms with E-state index in [0.717, 1.165) is 0 Å². The third kappa shape index (κ3) is 5.22. The molecule has 0 bridgehead atoms. The number of hydrazine groups is 2. The van der Waals surface area contributed by atoms with Gasteiger partial charge in [0.15, 0.2) is 39.6 Å². The molecule has 46 heavy (non-hydrogen) atoms. The average molecular weight is 668 g/mol. The summed E-state index contributed by atoms with van der Waals surface area (Å²) in [6, 6.07) is 0. The molecule has 0 saturated heterocycles. The lowest BCUT2D eigenvalue weighted by molar-refractivity contribution is -0.968. The van der Waals surface area contributed by atoms with Crippen LogP contribution in [0.3, 0.4) is 0 Å². The fourth-order valence-electron chi connectivity index (χ4n) is 2.92. The molecule has 0 amide bonds. The van der Waals surface area contributed by atoms with Crippen LogP contribution in [-0.2, 0) is 9.68 Å². The molecule has 0 aliphatic carbocycles. The Hall–Kier alpha value is -7.98. The molecule has 2 aromatic rings. The maximum absolute atomic E-state index is 11.6. The van der Waals surface area contributed by atoms with Gasteiger partial charge in [-0.1, -0.05) is 0 Å². The highest BCUT2D eigenvalue weighted by molar-refractivity contribution is 6.01. The van der Waals surface area contributed by atoms with Gasteiger partial charge in [0.2, 0.25) is 11.4 Å². The van der Waals surface area contributed by atoms with Gasteiger partial charge in [-0.05, 0) is 41.0 Å². The van der Waals surface area contributed by atoms with E-state index in [9.17, 15) is 80.9 Å². The van der Waals surface area contributed by atoms with Crippen molar-refractivity contribution in [2.45, 2.75) is 11.6 Å². The predicted octanol–water partition coefficient (Wildman–Crippen LogP) is -3.51. The Morgan fingerprint density at radius 3 is 1.00 bits per heavy atom. The second-order valence-corrected chi connectivity index (χ2v) is 7.53. The highest BCUT2D eigenvalue weighted by atomic mass is 16.8. The fourth-order valence-corrected chi connectivity index (χ4v) is 2.92. The van der Waals surface area contributed by atoms with Crippen LogP contribution >= 0.6 is 0 Å². The molecule has 3 heterocycles. The molecule has 36 heteroatoms. The molecule has 36 nitrogen and oxygen atoms in total. The molecule has 0 saturated carbocycles. The van der Waals surface area contributed by atoms with Gasteiger partial charge in [0.25, 0.3) is 11.6 Å². The van der Waals surface area contributed by atoms with Crippen LogP contribution in [0.2, 0.25) is 0 Å². The summed E-state index contributed by atoms with van der Waals surface area (Å²) >= 11 is 0. The van der Waals surface area contributed by atoms with Crippen molar-refractivity contribution < 1.29 is 58.5 Å². The molecule has 0 N–H and O–H groups in total. The highest BCUT2D eigenvalue weighted by Crippen LogP contribution is 2.26. The number of rotatable bonds is 16. The molecule has 244 valence electrons. The molecule has 2 aromatic heterocycles. The van der Waals surface area contributed by atoms with Crippen LogP contribution < -0.4 is 10.0 Å². The van der Waals surface area contributed by atoms with E-state index in [1.165, 1.54) is 0 Å². The minimum absolute atomic E-state index is 0.633. The highest BCUT2D eigenvalue weighted by Gasteiger charge is 2.75. The minimum atomic E-state index is -4.45. The number of hydrogen-bond donors (Lipinski definition) is 0. The topological polar surface area (TPSA) is 473 Å². The molecule has 1 aliphatic rings. The zero-order chi connectivity index (χ0) is 34.7. The van der Waals surface area contributed by atoms with Crippen LogP contribution in [0.15, 0.2) is 19.6 Å². The van der Waals surface area contributed by atoms with E-state index in [0.29, 0.717) is 0 Å². The molecule has 3 rings (SSSR count). The van der Waals surface area contributed by atoms with Gasteiger partial charge in [0.1, 0.15) is 0 Å². The van der Waals surface area contributed by atoms with Crippen LogP contribution in [0.5, 0.6) is 0 Å². The summed E-state index contributed by atoms with van der Waals surface area (Å²) in [5, 5.41) is 104. The third-order valence-corrected chi connectivity index (χ3v) is 5.14. The van der Waals surface area contributed by atoms with Crippen LogP contribution in [0.25, 0.3) is 0 Å². The van der Waals surface area contributed by atoms with E-state index in [1.807, 2.05) is 0 Å². The Labute approximate surface area is 241 Å². The smallest absolute Gasteiger partial charge is 0.327 e. The quantitative estimate of drug-likeness (QED) is 0.0950. The Balaban J connectivity index is 1.97.